The van der Waals surface area contributed by atoms with Gasteiger partial charge in [-0.2, -0.15) is 26.3 Å². The molecule has 0 aliphatic carbocycles. The number of hydrogen-bond acceptors (Lipinski definition) is 5. The van der Waals surface area contributed by atoms with E-state index in [4.69, 9.17) is 27.9 Å². The number of benzene rings is 3. The number of nitrogens with one attached hydrogen (secondary N) is 1. The molecule has 0 aliphatic heterocycles. The Labute approximate surface area is 261 Å². The molecule has 0 heterocycles. The maximum atomic E-state index is 13.2. The Morgan fingerprint density at radius 2 is 1.50 bits per heavy atom. The van der Waals surface area contributed by atoms with Crippen molar-refractivity contribution in [1.82, 2.24) is 5.32 Å². The number of ether oxygens (including phenoxy) is 1. The minimum Gasteiger partial charge on any atom is -0.411 e. The first-order valence-electron chi connectivity index (χ1n) is 13.7. The zero-order valence-electron chi connectivity index (χ0n) is 23.7. The predicted molar refractivity (Wildman–Crippen MR) is 157 cm³/mol. The van der Waals surface area contributed by atoms with E-state index in [0.29, 0.717) is 50.0 Å². The van der Waals surface area contributed by atoms with Crippen LogP contribution in [0.15, 0.2) is 71.9 Å². The molecule has 0 amide bonds. The molecule has 3 aromatic carbocycles. The van der Waals surface area contributed by atoms with E-state index in [1.165, 1.54) is 0 Å². The van der Waals surface area contributed by atoms with Gasteiger partial charge in [0.2, 0.25) is 0 Å². The second kappa shape index (κ2) is 15.4. The molecule has 44 heavy (non-hydrogen) atoms. The molecule has 0 spiro atoms. The Kier molecular flexibility index (Phi) is 12.5. The maximum Gasteiger partial charge on any atom is 0.416 e. The highest BCUT2D eigenvalue weighted by Gasteiger charge is 2.37. The van der Waals surface area contributed by atoms with Crippen LogP contribution in [0.2, 0.25) is 10.0 Å². The van der Waals surface area contributed by atoms with Crippen molar-refractivity contribution in [3.63, 3.8) is 0 Å². The molecule has 2 atom stereocenters. The van der Waals surface area contributed by atoms with Crippen molar-refractivity contribution in [1.29, 1.82) is 0 Å². The lowest BCUT2D eigenvalue weighted by Crippen LogP contribution is -2.31. The van der Waals surface area contributed by atoms with E-state index in [0.717, 1.165) is 5.56 Å². The summed E-state index contributed by atoms with van der Waals surface area (Å²) in [5.41, 5.74) is -2.81. The van der Waals surface area contributed by atoms with Crippen LogP contribution in [0.3, 0.4) is 0 Å². The van der Waals surface area contributed by atoms with Crippen LogP contribution in [0.4, 0.5) is 26.3 Å². The number of alkyl halides is 6. The average molecular weight is 666 g/mol. The minimum atomic E-state index is -4.99. The molecule has 0 bridgehead atoms. The van der Waals surface area contributed by atoms with E-state index < -0.39 is 48.2 Å². The number of oxime groups is 1. The molecule has 0 saturated carbocycles. The zero-order valence-corrected chi connectivity index (χ0v) is 25.2. The molecule has 5 nitrogen and oxygen atoms in total. The van der Waals surface area contributed by atoms with Crippen molar-refractivity contribution >= 4 is 28.9 Å². The van der Waals surface area contributed by atoms with Gasteiger partial charge >= 0.3 is 12.4 Å². The van der Waals surface area contributed by atoms with E-state index in [-0.39, 0.29) is 27.4 Å². The molecule has 0 fully saturated rings. The number of hydrogen-bond donors (Lipinski definition) is 3. The summed E-state index contributed by atoms with van der Waals surface area (Å²) < 4.78 is 84.9. The van der Waals surface area contributed by atoms with Crippen molar-refractivity contribution in [2.24, 2.45) is 5.16 Å². The Morgan fingerprint density at radius 3 is 2.05 bits per heavy atom. The average Bonchev–Trinajstić information content (AvgIpc) is 2.98. The highest BCUT2D eigenvalue weighted by molar-refractivity contribution is 6.42. The monoisotopic (exact) mass is 664 g/mol. The fourth-order valence-corrected chi connectivity index (χ4v) is 5.08. The van der Waals surface area contributed by atoms with Gasteiger partial charge in [0.1, 0.15) is 0 Å². The van der Waals surface area contributed by atoms with Crippen LogP contribution in [0, 0.1) is 0 Å². The largest absolute Gasteiger partial charge is 0.416 e. The standard InChI is InChI=1S/C31H32Cl2F6N2O3/c1-2-29(42,22-6-4-3-5-7-22)11-13-40-12-10-25(21-8-9-26(32)27(33)16-21)28(41-43)19-44-18-20-14-23(30(34,35)36)17-24(15-20)31(37,38)39/h3-9,14-17,25,40,42-43H,2,10-13,18-19H2,1H3/b41-28+. The summed E-state index contributed by atoms with van der Waals surface area (Å²) in [4.78, 5) is 0. The van der Waals surface area contributed by atoms with Crippen molar-refractivity contribution in [3.8, 4) is 0 Å². The van der Waals surface area contributed by atoms with Crippen LogP contribution >= 0.6 is 23.2 Å². The van der Waals surface area contributed by atoms with Crippen molar-refractivity contribution in [3.05, 3.63) is 105 Å². The van der Waals surface area contributed by atoms with Gasteiger partial charge in [-0.3, -0.25) is 0 Å². The highest BCUT2D eigenvalue weighted by Crippen LogP contribution is 2.37. The first-order chi connectivity index (χ1) is 20.7. The number of aliphatic hydroxyl groups is 1. The number of halogens is 8. The fourth-order valence-electron chi connectivity index (χ4n) is 4.77. The fraction of sp³-hybridized carbons (Fsp3) is 0.387. The molecule has 240 valence electrons. The molecule has 0 aromatic heterocycles. The summed E-state index contributed by atoms with van der Waals surface area (Å²) >= 11 is 12.3. The van der Waals surface area contributed by atoms with Gasteiger partial charge in [-0.05, 0) is 79.4 Å². The molecule has 3 N–H and O–H groups in total. The van der Waals surface area contributed by atoms with E-state index in [2.05, 4.69) is 10.5 Å². The molecule has 2 unspecified atom stereocenters. The Morgan fingerprint density at radius 1 is 0.864 bits per heavy atom. The first kappa shape index (κ1) is 35.6. The summed E-state index contributed by atoms with van der Waals surface area (Å²) in [6, 6.07) is 15.3. The van der Waals surface area contributed by atoms with Gasteiger partial charge < -0.3 is 20.4 Å². The van der Waals surface area contributed by atoms with Crippen LogP contribution in [-0.2, 0) is 29.3 Å². The van der Waals surface area contributed by atoms with Gasteiger partial charge in [-0.15, -0.1) is 0 Å². The van der Waals surface area contributed by atoms with Crippen LogP contribution < -0.4 is 5.32 Å². The van der Waals surface area contributed by atoms with Gasteiger partial charge in [0.15, 0.2) is 0 Å². The third-order valence-corrected chi connectivity index (χ3v) is 8.00. The Balaban J connectivity index is 1.71. The van der Waals surface area contributed by atoms with Crippen molar-refractivity contribution in [2.75, 3.05) is 19.7 Å². The lowest BCUT2D eigenvalue weighted by Gasteiger charge is -2.28. The second-order valence-corrected chi connectivity index (χ2v) is 11.1. The molecule has 0 aliphatic rings. The third kappa shape index (κ3) is 9.84. The number of rotatable bonds is 14. The number of nitrogens with zero attached hydrogens (tertiary/aromatic N) is 1. The molecule has 13 heteroatoms. The van der Waals surface area contributed by atoms with Crippen molar-refractivity contribution in [2.45, 2.75) is 56.7 Å². The van der Waals surface area contributed by atoms with E-state index >= 15 is 0 Å². The quantitative estimate of drug-likeness (QED) is 0.0529. The summed E-state index contributed by atoms with van der Waals surface area (Å²) in [5, 5.41) is 28.1. The summed E-state index contributed by atoms with van der Waals surface area (Å²) in [6.07, 6.45) is -8.72. The van der Waals surface area contributed by atoms with Gasteiger partial charge in [-0.1, -0.05) is 71.7 Å². The van der Waals surface area contributed by atoms with E-state index in [9.17, 15) is 36.7 Å². The minimum absolute atomic E-state index is 0.0403. The summed E-state index contributed by atoms with van der Waals surface area (Å²) in [5.74, 6) is -0.603. The van der Waals surface area contributed by atoms with Crippen LogP contribution in [0.25, 0.3) is 0 Å². The van der Waals surface area contributed by atoms with Crippen LogP contribution in [0.1, 0.15) is 59.9 Å². The smallest absolute Gasteiger partial charge is 0.411 e. The van der Waals surface area contributed by atoms with Gasteiger partial charge in [-0.25, -0.2) is 0 Å². The molecule has 0 radical (unpaired) electrons. The zero-order chi connectivity index (χ0) is 32.5. The maximum absolute atomic E-state index is 13.2. The Hall–Kier alpha value is -2.83. The normalized spacial score (nSPS) is 14.8. The first-order valence-corrected chi connectivity index (χ1v) is 14.4. The summed E-state index contributed by atoms with van der Waals surface area (Å²) in [7, 11) is 0. The van der Waals surface area contributed by atoms with Gasteiger partial charge in [0, 0.05) is 5.92 Å². The lowest BCUT2D eigenvalue weighted by atomic mass is 9.88. The molecule has 3 aromatic rings. The molecular formula is C31H32Cl2F6N2O3. The topological polar surface area (TPSA) is 74.1 Å². The summed E-state index contributed by atoms with van der Waals surface area (Å²) in [6.45, 7) is 1.73. The molecular weight excluding hydrogens is 633 g/mol. The van der Waals surface area contributed by atoms with Crippen LogP contribution in [0.5, 0.6) is 0 Å². The highest BCUT2D eigenvalue weighted by atomic mass is 35.5. The molecule has 3 rings (SSSR count). The van der Waals surface area contributed by atoms with E-state index in [1.807, 2.05) is 37.3 Å². The second-order valence-electron chi connectivity index (χ2n) is 10.3. The Bertz CT molecular complexity index is 1370. The SMILES string of the molecule is CCC(O)(CCNCCC(/C(COCc1cc(C(F)(F)F)cc(C(F)(F)F)c1)=N/O)c1ccc(Cl)c(Cl)c1)c1ccccc1. The van der Waals surface area contributed by atoms with Crippen molar-refractivity contribution < 1.29 is 41.4 Å². The van der Waals surface area contributed by atoms with E-state index in [1.54, 1.807) is 18.2 Å². The predicted octanol–water partition coefficient (Wildman–Crippen LogP) is 8.83. The van der Waals surface area contributed by atoms with Gasteiger partial charge in [0.05, 0.1) is 45.7 Å². The van der Waals surface area contributed by atoms with Gasteiger partial charge in [0.25, 0.3) is 0 Å². The lowest BCUT2D eigenvalue weighted by molar-refractivity contribution is -0.143. The van der Waals surface area contributed by atoms with Crippen LogP contribution in [-0.4, -0.2) is 35.7 Å². The third-order valence-electron chi connectivity index (χ3n) is 7.26. The molecule has 0 saturated heterocycles.